The highest BCUT2D eigenvalue weighted by atomic mass is 35.5. The Morgan fingerprint density at radius 2 is 2.16 bits per heavy atom. The van der Waals surface area contributed by atoms with Crippen LogP contribution in [0.4, 0.5) is 8.78 Å². The number of methoxy groups -OCH3 is 1. The van der Waals surface area contributed by atoms with Crippen molar-refractivity contribution in [2.24, 2.45) is 0 Å². The van der Waals surface area contributed by atoms with Gasteiger partial charge in [-0.2, -0.15) is 0 Å². The fourth-order valence-electron chi connectivity index (χ4n) is 2.83. The Kier molecular flexibility index (Phi) is 4.55. The maximum Gasteiger partial charge on any atom is 0.277 e. The molecule has 0 aliphatic heterocycles. The summed E-state index contributed by atoms with van der Waals surface area (Å²) >= 11 is 6.90. The van der Waals surface area contributed by atoms with Gasteiger partial charge < -0.3 is 9.84 Å². The van der Waals surface area contributed by atoms with Gasteiger partial charge in [0.15, 0.2) is 9.84 Å². The van der Waals surface area contributed by atoms with E-state index in [9.17, 15) is 22.3 Å². The summed E-state index contributed by atoms with van der Waals surface area (Å²) in [5.41, 5.74) is 0.664. The number of rotatable bonds is 3. The maximum atomic E-state index is 13.9. The summed E-state index contributed by atoms with van der Waals surface area (Å²) in [5, 5.41) is 10.3. The predicted octanol–water partition coefficient (Wildman–Crippen LogP) is 3.49. The predicted molar refractivity (Wildman–Crippen MR) is 90.4 cm³/mol. The van der Waals surface area contributed by atoms with Crippen LogP contribution in [0.5, 0.6) is 5.88 Å². The largest absolute Gasteiger partial charge is 0.480 e. The van der Waals surface area contributed by atoms with Crippen LogP contribution in [0.25, 0.3) is 10.4 Å². The number of halogens is 3. The summed E-state index contributed by atoms with van der Waals surface area (Å²) in [6, 6.07) is 1.53. The molecule has 0 unspecified atom stereocenters. The Morgan fingerprint density at radius 1 is 1.48 bits per heavy atom. The molecule has 2 heterocycles. The van der Waals surface area contributed by atoms with Crippen LogP contribution in [0.1, 0.15) is 23.7 Å². The molecule has 0 saturated heterocycles. The highest BCUT2D eigenvalue weighted by Crippen LogP contribution is 2.51. The molecule has 136 valence electrons. The molecule has 0 bridgehead atoms. The molecule has 1 aliphatic rings. The second-order valence-corrected chi connectivity index (χ2v) is 9.40. The van der Waals surface area contributed by atoms with Crippen LogP contribution in [-0.4, -0.2) is 37.8 Å². The molecule has 2 aromatic rings. The van der Waals surface area contributed by atoms with Crippen LogP contribution in [0.2, 0.25) is 5.02 Å². The minimum Gasteiger partial charge on any atom is -0.480 e. The van der Waals surface area contributed by atoms with E-state index in [1.807, 2.05) is 0 Å². The molecule has 1 N–H and O–H groups in total. The van der Waals surface area contributed by atoms with Crippen LogP contribution in [0.15, 0.2) is 16.5 Å². The number of ether oxygens (including phenoxy) is 1. The van der Waals surface area contributed by atoms with Crippen LogP contribution >= 0.6 is 22.9 Å². The van der Waals surface area contributed by atoms with Gasteiger partial charge >= 0.3 is 0 Å². The molecular formula is C15H14ClF2NO4S2. The summed E-state index contributed by atoms with van der Waals surface area (Å²) in [6.07, 6.45) is -0.410. The van der Waals surface area contributed by atoms with E-state index in [1.165, 1.54) is 19.4 Å². The van der Waals surface area contributed by atoms with Gasteiger partial charge in [0.2, 0.25) is 5.88 Å². The number of thiophene rings is 1. The van der Waals surface area contributed by atoms with Gasteiger partial charge in [-0.3, -0.25) is 0 Å². The number of aliphatic hydroxyl groups excluding tert-OH is 1. The summed E-state index contributed by atoms with van der Waals surface area (Å²) in [6.45, 7) is 0. The highest BCUT2D eigenvalue weighted by molar-refractivity contribution is 7.92. The fourth-order valence-corrected chi connectivity index (χ4v) is 5.66. The summed E-state index contributed by atoms with van der Waals surface area (Å²) < 4.78 is 56.7. The molecule has 0 fully saturated rings. The van der Waals surface area contributed by atoms with E-state index in [-0.39, 0.29) is 27.1 Å². The lowest BCUT2D eigenvalue weighted by Gasteiger charge is -2.28. The van der Waals surface area contributed by atoms with Gasteiger partial charge in [-0.25, -0.2) is 22.2 Å². The van der Waals surface area contributed by atoms with Crippen molar-refractivity contribution in [1.29, 1.82) is 0 Å². The zero-order valence-corrected chi connectivity index (χ0v) is 15.6. The first-order valence-electron chi connectivity index (χ1n) is 7.17. The SMILES string of the molecule is COc1ncc(-c2sc(S(C)(=O)=O)c3c2CCC(F)(F)[C@H]3O)cc1Cl. The fraction of sp³-hybridized carbons (Fsp3) is 0.400. The van der Waals surface area contributed by atoms with Gasteiger partial charge in [0.05, 0.1) is 7.11 Å². The van der Waals surface area contributed by atoms with Crippen LogP contribution in [0.3, 0.4) is 0 Å². The average Bonchev–Trinajstić information content (AvgIpc) is 2.91. The van der Waals surface area contributed by atoms with Crippen molar-refractivity contribution < 1.29 is 27.0 Å². The molecule has 0 spiro atoms. The number of sulfone groups is 1. The van der Waals surface area contributed by atoms with E-state index >= 15 is 0 Å². The topological polar surface area (TPSA) is 76.5 Å². The van der Waals surface area contributed by atoms with E-state index in [2.05, 4.69) is 4.98 Å². The van der Waals surface area contributed by atoms with Gasteiger partial charge in [-0.05, 0) is 18.1 Å². The number of pyridine rings is 1. The zero-order chi connectivity index (χ0) is 18.6. The first-order valence-corrected chi connectivity index (χ1v) is 10.3. The third-order valence-corrected chi connectivity index (χ3v) is 7.41. The molecule has 1 aliphatic carbocycles. The molecule has 0 saturated carbocycles. The van der Waals surface area contributed by atoms with Crippen LogP contribution in [0, 0.1) is 0 Å². The Bertz CT molecular complexity index is 943. The molecule has 2 aromatic heterocycles. The average molecular weight is 410 g/mol. The van der Waals surface area contributed by atoms with Crippen molar-refractivity contribution in [1.82, 2.24) is 4.98 Å². The number of aliphatic hydroxyl groups is 1. The second kappa shape index (κ2) is 6.15. The van der Waals surface area contributed by atoms with Crippen molar-refractivity contribution in [3.05, 3.63) is 28.4 Å². The quantitative estimate of drug-likeness (QED) is 0.839. The first kappa shape index (κ1) is 18.5. The molecule has 25 heavy (non-hydrogen) atoms. The van der Waals surface area contributed by atoms with Crippen molar-refractivity contribution in [3.8, 4) is 16.3 Å². The van der Waals surface area contributed by atoms with Crippen LogP contribution < -0.4 is 4.74 Å². The molecule has 10 heteroatoms. The summed E-state index contributed by atoms with van der Waals surface area (Å²) in [4.78, 5) is 4.49. The Balaban J connectivity index is 2.25. The lowest BCUT2D eigenvalue weighted by Crippen LogP contribution is -2.32. The van der Waals surface area contributed by atoms with E-state index < -0.39 is 28.3 Å². The molecule has 3 rings (SSSR count). The Hall–Kier alpha value is -1.29. The molecular weight excluding hydrogens is 396 g/mol. The number of aromatic nitrogens is 1. The molecule has 5 nitrogen and oxygen atoms in total. The van der Waals surface area contributed by atoms with Crippen molar-refractivity contribution in [2.75, 3.05) is 13.4 Å². The standard InChI is InChI=1S/C15H14ClF2NO4S2/c1-23-13-9(16)5-7(6-19-13)11-8-3-4-15(17,18)12(20)10(8)14(24-11)25(2,21)22/h5-6,12,20H,3-4H2,1-2H3/t12-/m0/s1. The van der Waals surface area contributed by atoms with Gasteiger partial charge in [0.25, 0.3) is 5.92 Å². The van der Waals surface area contributed by atoms with Gasteiger partial charge in [-0.15, -0.1) is 11.3 Å². The number of hydrogen-bond acceptors (Lipinski definition) is 6. The number of alkyl halides is 2. The minimum atomic E-state index is -3.79. The molecule has 0 aromatic carbocycles. The van der Waals surface area contributed by atoms with Crippen LogP contribution in [-0.2, 0) is 16.3 Å². The number of fused-ring (bicyclic) bond motifs is 1. The van der Waals surface area contributed by atoms with E-state index in [0.717, 1.165) is 17.6 Å². The molecule has 1 atom stereocenters. The highest BCUT2D eigenvalue weighted by Gasteiger charge is 2.47. The maximum absolute atomic E-state index is 13.9. The monoisotopic (exact) mass is 409 g/mol. The van der Waals surface area contributed by atoms with Gasteiger partial charge in [0, 0.05) is 34.9 Å². The van der Waals surface area contributed by atoms with Gasteiger partial charge in [0.1, 0.15) is 15.3 Å². The number of hydrogen-bond donors (Lipinski definition) is 1. The summed E-state index contributed by atoms with van der Waals surface area (Å²) in [7, 11) is -2.39. The lowest BCUT2D eigenvalue weighted by molar-refractivity contribution is -0.122. The smallest absolute Gasteiger partial charge is 0.277 e. The lowest BCUT2D eigenvalue weighted by atomic mass is 9.87. The van der Waals surface area contributed by atoms with E-state index in [0.29, 0.717) is 16.0 Å². The third-order valence-electron chi connectivity index (χ3n) is 4.00. The zero-order valence-electron chi connectivity index (χ0n) is 13.2. The minimum absolute atomic E-state index is 0.0512. The third kappa shape index (κ3) is 3.14. The Morgan fingerprint density at radius 3 is 2.72 bits per heavy atom. The molecule has 0 amide bonds. The summed E-state index contributed by atoms with van der Waals surface area (Å²) in [5.74, 6) is -3.17. The normalized spacial score (nSPS) is 19.5. The van der Waals surface area contributed by atoms with Crippen molar-refractivity contribution >= 4 is 32.8 Å². The van der Waals surface area contributed by atoms with E-state index in [1.54, 1.807) is 0 Å². The Labute approximate surface area is 152 Å². The van der Waals surface area contributed by atoms with E-state index in [4.69, 9.17) is 16.3 Å². The second-order valence-electron chi connectivity index (χ2n) is 5.76. The number of nitrogens with zero attached hydrogens (tertiary/aromatic N) is 1. The van der Waals surface area contributed by atoms with Gasteiger partial charge in [-0.1, -0.05) is 11.6 Å². The molecule has 0 radical (unpaired) electrons. The van der Waals surface area contributed by atoms with Crippen molar-refractivity contribution in [2.45, 2.75) is 29.1 Å². The first-order chi connectivity index (χ1) is 11.6. The van der Waals surface area contributed by atoms with Crippen molar-refractivity contribution in [3.63, 3.8) is 0 Å².